The molecule has 0 bridgehead atoms. The summed E-state index contributed by atoms with van der Waals surface area (Å²) >= 11 is 11.8. The smallest absolute Gasteiger partial charge is 0.184 e. The summed E-state index contributed by atoms with van der Waals surface area (Å²) in [6.45, 7) is 0. The fraction of sp³-hybridized carbons (Fsp3) is 0.143. The van der Waals surface area contributed by atoms with Gasteiger partial charge in [-0.15, -0.1) is 0 Å². The summed E-state index contributed by atoms with van der Waals surface area (Å²) < 4.78 is 30.2. The van der Waals surface area contributed by atoms with Gasteiger partial charge in [-0.3, -0.25) is 0 Å². The highest BCUT2D eigenvalue weighted by Gasteiger charge is 2.21. The standard InChI is InChI=1S/C14H13Cl2NO3S/c1-20-13-5-3-10(15)6-9(13)8-21(18,19)14-7-11(16)2-4-12(14)17/h2-7H,8,17H2,1H3. The van der Waals surface area contributed by atoms with Crippen LogP contribution in [0.15, 0.2) is 41.3 Å². The number of nitrogen functional groups attached to an aromatic ring is 1. The van der Waals surface area contributed by atoms with Crippen LogP contribution in [0.25, 0.3) is 0 Å². The van der Waals surface area contributed by atoms with Gasteiger partial charge in [-0.05, 0) is 36.4 Å². The van der Waals surface area contributed by atoms with E-state index in [1.807, 2.05) is 0 Å². The van der Waals surface area contributed by atoms with Gasteiger partial charge in [0.1, 0.15) is 5.75 Å². The first-order valence-electron chi connectivity index (χ1n) is 5.93. The van der Waals surface area contributed by atoms with Crippen LogP contribution in [0, 0.1) is 0 Å². The molecule has 0 aromatic heterocycles. The number of nitrogens with two attached hydrogens (primary N) is 1. The Kier molecular flexibility index (Phi) is 4.66. The molecule has 112 valence electrons. The molecule has 7 heteroatoms. The third kappa shape index (κ3) is 3.61. The van der Waals surface area contributed by atoms with Crippen LogP contribution in [0.5, 0.6) is 5.75 Å². The third-order valence-corrected chi connectivity index (χ3v) is 5.08. The van der Waals surface area contributed by atoms with Crippen LogP contribution in [-0.2, 0) is 15.6 Å². The normalized spacial score (nSPS) is 11.4. The van der Waals surface area contributed by atoms with E-state index in [1.165, 1.54) is 25.3 Å². The van der Waals surface area contributed by atoms with Gasteiger partial charge in [0.2, 0.25) is 0 Å². The van der Waals surface area contributed by atoms with Crippen LogP contribution in [0.1, 0.15) is 5.56 Å². The molecule has 0 saturated carbocycles. The van der Waals surface area contributed by atoms with E-state index in [1.54, 1.807) is 18.2 Å². The van der Waals surface area contributed by atoms with Crippen LogP contribution in [0.4, 0.5) is 5.69 Å². The Morgan fingerprint density at radius 2 is 1.71 bits per heavy atom. The van der Waals surface area contributed by atoms with Gasteiger partial charge in [-0.1, -0.05) is 23.2 Å². The summed E-state index contributed by atoms with van der Waals surface area (Å²) in [5, 5.41) is 0.737. The van der Waals surface area contributed by atoms with Gasteiger partial charge < -0.3 is 10.5 Å². The Morgan fingerprint density at radius 3 is 2.38 bits per heavy atom. The minimum atomic E-state index is -3.66. The minimum absolute atomic E-state index is 0.00275. The van der Waals surface area contributed by atoms with Crippen molar-refractivity contribution in [1.82, 2.24) is 0 Å². The SMILES string of the molecule is COc1ccc(Cl)cc1CS(=O)(=O)c1cc(Cl)ccc1N. The highest BCUT2D eigenvalue weighted by molar-refractivity contribution is 7.90. The minimum Gasteiger partial charge on any atom is -0.496 e. The number of anilines is 1. The van der Waals surface area contributed by atoms with Crippen LogP contribution >= 0.6 is 23.2 Å². The number of rotatable bonds is 4. The maximum Gasteiger partial charge on any atom is 0.184 e. The van der Waals surface area contributed by atoms with Crippen molar-refractivity contribution in [3.05, 3.63) is 52.0 Å². The lowest BCUT2D eigenvalue weighted by molar-refractivity contribution is 0.411. The zero-order valence-electron chi connectivity index (χ0n) is 11.1. The van der Waals surface area contributed by atoms with Crippen LogP contribution in [0.3, 0.4) is 0 Å². The number of sulfone groups is 1. The summed E-state index contributed by atoms with van der Waals surface area (Å²) in [4.78, 5) is -0.00275. The van der Waals surface area contributed by atoms with Crippen molar-refractivity contribution in [2.45, 2.75) is 10.6 Å². The van der Waals surface area contributed by atoms with Crippen molar-refractivity contribution >= 4 is 38.7 Å². The molecule has 0 aliphatic carbocycles. The zero-order valence-corrected chi connectivity index (χ0v) is 13.5. The molecule has 0 unspecified atom stereocenters. The molecule has 21 heavy (non-hydrogen) atoms. The van der Waals surface area contributed by atoms with Gasteiger partial charge in [0.25, 0.3) is 0 Å². The Morgan fingerprint density at radius 1 is 1.10 bits per heavy atom. The molecular formula is C14H13Cl2NO3S. The second-order valence-electron chi connectivity index (χ2n) is 4.40. The van der Waals surface area contributed by atoms with Gasteiger partial charge in [0.05, 0.1) is 23.4 Å². The monoisotopic (exact) mass is 345 g/mol. The second-order valence-corrected chi connectivity index (χ2v) is 7.23. The maximum absolute atomic E-state index is 12.5. The molecule has 0 atom stereocenters. The predicted molar refractivity (Wildman–Crippen MR) is 84.8 cm³/mol. The molecule has 0 heterocycles. The van der Waals surface area contributed by atoms with Gasteiger partial charge >= 0.3 is 0 Å². The largest absolute Gasteiger partial charge is 0.496 e. The number of hydrogen-bond acceptors (Lipinski definition) is 4. The van der Waals surface area contributed by atoms with E-state index in [0.29, 0.717) is 21.4 Å². The van der Waals surface area contributed by atoms with Crippen LogP contribution in [0.2, 0.25) is 10.0 Å². The van der Waals surface area contributed by atoms with E-state index in [2.05, 4.69) is 0 Å². The van der Waals surface area contributed by atoms with Gasteiger partial charge in [-0.2, -0.15) is 0 Å². The molecule has 0 radical (unpaired) electrons. The lowest BCUT2D eigenvalue weighted by Crippen LogP contribution is -2.09. The second kappa shape index (κ2) is 6.13. The first-order chi connectivity index (χ1) is 9.83. The Balaban J connectivity index is 2.47. The quantitative estimate of drug-likeness (QED) is 0.860. The van der Waals surface area contributed by atoms with Gasteiger partial charge in [-0.25, -0.2) is 8.42 Å². The topological polar surface area (TPSA) is 69.4 Å². The number of hydrogen-bond donors (Lipinski definition) is 1. The first kappa shape index (κ1) is 15.9. The zero-order chi connectivity index (χ0) is 15.6. The fourth-order valence-corrected chi connectivity index (χ4v) is 3.88. The molecule has 2 rings (SSSR count). The Hall–Kier alpha value is -1.43. The summed E-state index contributed by atoms with van der Waals surface area (Å²) in [5.41, 5.74) is 6.35. The molecule has 0 aliphatic heterocycles. The molecule has 4 nitrogen and oxygen atoms in total. The highest BCUT2D eigenvalue weighted by atomic mass is 35.5. The molecule has 0 spiro atoms. The summed E-state index contributed by atoms with van der Waals surface area (Å²) in [6, 6.07) is 9.14. The van der Waals surface area contributed by atoms with Crippen molar-refractivity contribution in [3.63, 3.8) is 0 Å². The molecule has 0 amide bonds. The third-order valence-electron chi connectivity index (χ3n) is 2.90. The number of methoxy groups -OCH3 is 1. The maximum atomic E-state index is 12.5. The molecule has 0 aliphatic rings. The lowest BCUT2D eigenvalue weighted by Gasteiger charge is -2.11. The molecule has 0 fully saturated rings. The summed E-state index contributed by atoms with van der Waals surface area (Å²) in [7, 11) is -2.20. The predicted octanol–water partition coefficient (Wildman–Crippen LogP) is 3.56. The van der Waals surface area contributed by atoms with E-state index in [-0.39, 0.29) is 16.3 Å². The number of ether oxygens (including phenoxy) is 1. The average Bonchev–Trinajstić information content (AvgIpc) is 2.41. The molecule has 2 aromatic carbocycles. The Bertz CT molecular complexity index is 776. The summed E-state index contributed by atoms with van der Waals surface area (Å²) in [5.74, 6) is 0.171. The average molecular weight is 346 g/mol. The Labute approximate surface area is 133 Å². The van der Waals surface area contributed by atoms with Gasteiger partial charge in [0, 0.05) is 15.6 Å². The van der Waals surface area contributed by atoms with E-state index in [0.717, 1.165) is 0 Å². The fourth-order valence-electron chi connectivity index (χ4n) is 1.92. The van der Waals surface area contributed by atoms with Crippen LogP contribution in [-0.4, -0.2) is 15.5 Å². The molecule has 0 saturated heterocycles. The van der Waals surface area contributed by atoms with Crippen molar-refractivity contribution in [3.8, 4) is 5.75 Å². The number of benzene rings is 2. The van der Waals surface area contributed by atoms with E-state index in [9.17, 15) is 8.42 Å². The van der Waals surface area contributed by atoms with Crippen molar-refractivity contribution in [2.75, 3.05) is 12.8 Å². The van der Waals surface area contributed by atoms with E-state index in [4.69, 9.17) is 33.7 Å². The lowest BCUT2D eigenvalue weighted by atomic mass is 10.2. The first-order valence-corrected chi connectivity index (χ1v) is 8.34. The van der Waals surface area contributed by atoms with Crippen LogP contribution < -0.4 is 10.5 Å². The van der Waals surface area contributed by atoms with Crippen molar-refractivity contribution in [2.24, 2.45) is 0 Å². The highest BCUT2D eigenvalue weighted by Crippen LogP contribution is 2.30. The summed E-state index contributed by atoms with van der Waals surface area (Å²) in [6.07, 6.45) is 0. The van der Waals surface area contributed by atoms with Crippen molar-refractivity contribution < 1.29 is 13.2 Å². The van der Waals surface area contributed by atoms with E-state index < -0.39 is 9.84 Å². The van der Waals surface area contributed by atoms with E-state index >= 15 is 0 Å². The van der Waals surface area contributed by atoms with Gasteiger partial charge in [0.15, 0.2) is 9.84 Å². The molecule has 2 N–H and O–H groups in total. The number of halogens is 2. The molecular weight excluding hydrogens is 333 g/mol. The molecule has 2 aromatic rings. The van der Waals surface area contributed by atoms with Crippen molar-refractivity contribution in [1.29, 1.82) is 0 Å².